The molecule has 0 bridgehead atoms. The van der Waals surface area contributed by atoms with Gasteiger partial charge in [-0.1, -0.05) is 38.8 Å². The highest BCUT2D eigenvalue weighted by molar-refractivity contribution is 7.59. The van der Waals surface area contributed by atoms with Gasteiger partial charge < -0.3 is 24.6 Å². The van der Waals surface area contributed by atoms with Gasteiger partial charge in [-0.2, -0.15) is 0 Å². The molecule has 0 unspecified atom stereocenters. The molecule has 0 saturated carbocycles. The summed E-state index contributed by atoms with van der Waals surface area (Å²) in [6, 6.07) is 8.02. The van der Waals surface area contributed by atoms with Crippen LogP contribution in [-0.4, -0.2) is 101 Å². The third-order valence-corrected chi connectivity index (χ3v) is 14.8. The van der Waals surface area contributed by atoms with E-state index < -0.39 is 43.5 Å². The minimum Gasteiger partial charge on any atom is -0.465 e. The Labute approximate surface area is 344 Å². The van der Waals surface area contributed by atoms with Crippen molar-refractivity contribution in [1.82, 2.24) is 30.3 Å². The highest BCUT2D eigenvalue weighted by Gasteiger charge is 2.47. The Balaban J connectivity index is 1.12. The summed E-state index contributed by atoms with van der Waals surface area (Å²) in [5.74, 6) is -1.45. The van der Waals surface area contributed by atoms with Crippen LogP contribution in [0.5, 0.6) is 0 Å². The van der Waals surface area contributed by atoms with Gasteiger partial charge in [0.05, 0.1) is 24.3 Å². The zero-order chi connectivity index (χ0) is 41.4. The molecule has 2 aromatic heterocycles. The van der Waals surface area contributed by atoms with Crippen LogP contribution < -0.4 is 15.5 Å². The third-order valence-electron chi connectivity index (χ3n) is 11.2. The van der Waals surface area contributed by atoms with Gasteiger partial charge in [0.15, 0.2) is 0 Å². The van der Waals surface area contributed by atoms with Crippen LogP contribution in [-0.2, 0) is 39.4 Å². The number of carbonyl (C=O) groups excluding carboxylic acids is 5. The van der Waals surface area contributed by atoms with E-state index in [0.717, 1.165) is 47.8 Å². The van der Waals surface area contributed by atoms with Gasteiger partial charge >= 0.3 is 11.9 Å². The van der Waals surface area contributed by atoms with Crippen LogP contribution in [0.25, 0.3) is 10.1 Å². The zero-order valence-corrected chi connectivity index (χ0v) is 35.7. The SMILES string of the molecule is CCCCOC(=O)[C@H](C)NP(=O)(Cc1ccc2sc(C(=O)N[C@H]3CCC[C@H]4CC[C@@H](C(=O)N5CC(c6cccnc6)C5)N4C3=O)cc2c1)N[C@@H](C)C(=O)OCCCC. The number of nitrogens with zero attached hydrogens (tertiary/aromatic N) is 3. The van der Waals surface area contributed by atoms with Crippen LogP contribution in [0.15, 0.2) is 48.8 Å². The number of likely N-dealkylation sites (tertiary alicyclic amines) is 1. The van der Waals surface area contributed by atoms with E-state index >= 15 is 0 Å². The summed E-state index contributed by atoms with van der Waals surface area (Å²) in [6.45, 7) is 8.85. The summed E-state index contributed by atoms with van der Waals surface area (Å²) in [5, 5.41) is 9.61. The molecule has 6 rings (SSSR count). The fourth-order valence-electron chi connectivity index (χ4n) is 7.97. The lowest BCUT2D eigenvalue weighted by Gasteiger charge is -2.42. The monoisotopic (exact) mass is 836 g/mol. The van der Waals surface area contributed by atoms with Crippen LogP contribution >= 0.6 is 18.8 Å². The molecular formula is C42H57N6O8PS. The molecule has 3 amide bonds. The van der Waals surface area contributed by atoms with E-state index in [1.165, 1.54) is 11.3 Å². The number of nitrogens with one attached hydrogen (secondary N) is 3. The van der Waals surface area contributed by atoms with E-state index in [2.05, 4.69) is 20.5 Å². The van der Waals surface area contributed by atoms with E-state index in [1.807, 2.05) is 55.3 Å². The molecule has 314 valence electrons. The first kappa shape index (κ1) is 43.4. The van der Waals surface area contributed by atoms with Crippen molar-refractivity contribution >= 4 is 58.5 Å². The summed E-state index contributed by atoms with van der Waals surface area (Å²) in [6.07, 6.45) is 10.1. The summed E-state index contributed by atoms with van der Waals surface area (Å²) in [5.41, 5.74) is 1.76. The van der Waals surface area contributed by atoms with Gasteiger partial charge in [0.2, 0.25) is 19.3 Å². The number of unbranched alkanes of at least 4 members (excludes halogenated alkanes) is 2. The number of fused-ring (bicyclic) bond motifs is 2. The highest BCUT2D eigenvalue weighted by atomic mass is 32.1. The lowest BCUT2D eigenvalue weighted by molar-refractivity contribution is -0.148. The molecule has 3 N–H and O–H groups in total. The largest absolute Gasteiger partial charge is 0.465 e. The third kappa shape index (κ3) is 10.5. The molecule has 58 heavy (non-hydrogen) atoms. The smallest absolute Gasteiger partial charge is 0.323 e. The summed E-state index contributed by atoms with van der Waals surface area (Å²) >= 11 is 1.29. The van der Waals surface area contributed by atoms with Gasteiger partial charge in [0, 0.05) is 42.1 Å². The second-order valence-electron chi connectivity index (χ2n) is 15.8. The predicted molar refractivity (Wildman–Crippen MR) is 222 cm³/mol. The van der Waals surface area contributed by atoms with Crippen molar-refractivity contribution in [2.24, 2.45) is 0 Å². The number of rotatable bonds is 18. The number of hydrogen-bond acceptors (Lipinski definition) is 10. The summed E-state index contributed by atoms with van der Waals surface area (Å²) in [7, 11) is -3.66. The molecule has 0 radical (unpaired) electrons. The minimum absolute atomic E-state index is 0.0224. The first-order valence-corrected chi connectivity index (χ1v) is 23.4. The molecule has 3 aliphatic rings. The summed E-state index contributed by atoms with van der Waals surface area (Å²) < 4.78 is 26.1. The van der Waals surface area contributed by atoms with Gasteiger partial charge in [-0.05, 0) is 99.6 Å². The van der Waals surface area contributed by atoms with Gasteiger partial charge in [-0.25, -0.2) is 10.2 Å². The molecule has 5 atom stereocenters. The first-order chi connectivity index (χ1) is 27.9. The maximum atomic E-state index is 14.5. The Bertz CT molecular complexity index is 1960. The maximum Gasteiger partial charge on any atom is 0.323 e. The molecule has 5 heterocycles. The molecule has 16 heteroatoms. The highest BCUT2D eigenvalue weighted by Crippen LogP contribution is 2.43. The van der Waals surface area contributed by atoms with Gasteiger partial charge in [0.25, 0.3) is 5.91 Å². The number of pyridine rings is 1. The summed E-state index contributed by atoms with van der Waals surface area (Å²) in [4.78, 5) is 75.3. The molecule has 14 nitrogen and oxygen atoms in total. The molecule has 3 aromatic rings. The van der Waals surface area contributed by atoms with Crippen LogP contribution in [0.3, 0.4) is 0 Å². The predicted octanol–water partition coefficient (Wildman–Crippen LogP) is 5.90. The molecule has 1 aromatic carbocycles. The Hall–Kier alpha value is -4.17. The number of benzene rings is 1. The van der Waals surface area contributed by atoms with Crippen LogP contribution in [0.1, 0.15) is 112 Å². The van der Waals surface area contributed by atoms with E-state index in [0.29, 0.717) is 49.2 Å². The Kier molecular flexibility index (Phi) is 14.8. The van der Waals surface area contributed by atoms with E-state index in [4.69, 9.17) is 9.47 Å². The van der Waals surface area contributed by atoms with Crippen molar-refractivity contribution in [3.8, 4) is 0 Å². The molecule has 0 spiro atoms. The number of thiophene rings is 1. The molecular weight excluding hydrogens is 780 g/mol. The molecule has 3 aliphatic heterocycles. The number of carbonyl (C=O) groups is 5. The second kappa shape index (κ2) is 19.7. The average Bonchev–Trinajstić information content (AvgIpc) is 3.78. The van der Waals surface area contributed by atoms with Gasteiger partial charge in [-0.15, -0.1) is 11.3 Å². The number of aromatic nitrogens is 1. The number of esters is 2. The Morgan fingerprint density at radius 2 is 1.62 bits per heavy atom. The van der Waals surface area contributed by atoms with Crippen LogP contribution in [0.4, 0.5) is 0 Å². The van der Waals surface area contributed by atoms with Crippen molar-refractivity contribution in [3.63, 3.8) is 0 Å². The number of ether oxygens (including phenoxy) is 2. The Morgan fingerprint density at radius 3 is 2.26 bits per heavy atom. The van der Waals surface area contributed by atoms with E-state index in [-0.39, 0.29) is 49.1 Å². The van der Waals surface area contributed by atoms with Gasteiger partial charge in [0.1, 0.15) is 24.2 Å². The standard InChI is InChI=1S/C42H57N6O8PS/c1-5-7-19-55-41(52)27(3)45-57(54,46-28(4)42(53)56-20-8-6-2)26-29-14-17-36-31(21-29)22-37(58-36)38(49)44-34-13-9-12-33-15-16-35(48(33)39(34)50)40(51)47-24-32(25-47)30-11-10-18-43-23-30/h10-11,14,17-18,21-23,27-28,32-35H,5-9,12-13,15-16,19-20,24-26H2,1-4H3,(H,44,49)(H2,45,46,54)/t27-,28-,33-,34-,35-/m0/s1. The van der Waals surface area contributed by atoms with Crippen molar-refractivity contribution in [2.45, 2.75) is 128 Å². The normalized spacial score (nSPS) is 20.8. The molecule has 0 aliphatic carbocycles. The zero-order valence-electron chi connectivity index (χ0n) is 33.9. The lowest BCUT2D eigenvalue weighted by atomic mass is 9.92. The van der Waals surface area contributed by atoms with Crippen LogP contribution in [0, 0.1) is 0 Å². The van der Waals surface area contributed by atoms with E-state index in [1.54, 1.807) is 31.0 Å². The van der Waals surface area contributed by atoms with E-state index in [9.17, 15) is 28.5 Å². The molecule has 3 fully saturated rings. The fraction of sp³-hybridized carbons (Fsp3) is 0.571. The van der Waals surface area contributed by atoms with Gasteiger partial charge in [-0.3, -0.25) is 33.5 Å². The quantitative estimate of drug-likeness (QED) is 0.0791. The van der Waals surface area contributed by atoms with Crippen molar-refractivity contribution in [1.29, 1.82) is 0 Å². The van der Waals surface area contributed by atoms with Crippen molar-refractivity contribution in [3.05, 3.63) is 64.8 Å². The van der Waals surface area contributed by atoms with Crippen molar-refractivity contribution in [2.75, 3.05) is 26.3 Å². The topological polar surface area (TPSA) is 176 Å². The molecule has 3 saturated heterocycles. The van der Waals surface area contributed by atoms with Crippen molar-refractivity contribution < 1.29 is 38.0 Å². The first-order valence-electron chi connectivity index (χ1n) is 20.7. The number of amides is 3. The number of hydrogen-bond donors (Lipinski definition) is 3. The van der Waals surface area contributed by atoms with Crippen LogP contribution in [0.2, 0.25) is 0 Å². The Morgan fingerprint density at radius 1 is 0.931 bits per heavy atom. The second-order valence-corrected chi connectivity index (χ2v) is 19.2. The lowest BCUT2D eigenvalue weighted by Crippen LogP contribution is -2.58. The minimum atomic E-state index is -3.66. The maximum absolute atomic E-state index is 14.5. The average molecular weight is 837 g/mol. The fourth-order valence-corrected chi connectivity index (χ4v) is 11.3.